The van der Waals surface area contributed by atoms with Crippen LogP contribution in [-0.2, 0) is 14.3 Å². The van der Waals surface area contributed by atoms with E-state index in [9.17, 15) is 9.59 Å². The molecule has 1 unspecified atom stereocenters. The first-order valence-electron chi connectivity index (χ1n) is 7.69. The fourth-order valence-corrected chi connectivity index (χ4v) is 2.70. The van der Waals surface area contributed by atoms with Crippen LogP contribution in [0.5, 0.6) is 0 Å². The third kappa shape index (κ3) is 6.10. The zero-order valence-electron chi connectivity index (χ0n) is 14.0. The molecule has 6 nitrogen and oxygen atoms in total. The first-order valence-corrected chi connectivity index (χ1v) is 7.69. The Hall–Kier alpha value is -0.850. The van der Waals surface area contributed by atoms with Gasteiger partial charge in [-0.2, -0.15) is 0 Å². The first-order chi connectivity index (χ1) is 9.86. The number of hydrogen-bond donors (Lipinski definition) is 2. The summed E-state index contributed by atoms with van der Waals surface area (Å²) >= 11 is 0. The second-order valence-electron chi connectivity index (χ2n) is 6.24. The Morgan fingerprint density at radius 3 is 2.23 bits per heavy atom. The summed E-state index contributed by atoms with van der Waals surface area (Å²) in [6.45, 7) is 7.30. The number of hydrogen-bond acceptors (Lipinski definition) is 4. The predicted octanol–water partition coefficient (Wildman–Crippen LogP) is 0.781. The third-order valence-corrected chi connectivity index (χ3v) is 4.12. The smallest absolute Gasteiger partial charge is 0.246 e. The van der Waals surface area contributed by atoms with Crippen LogP contribution in [0, 0.1) is 11.8 Å². The highest BCUT2D eigenvalue weighted by atomic mass is 35.5. The van der Waals surface area contributed by atoms with Crippen LogP contribution in [0.2, 0.25) is 0 Å². The van der Waals surface area contributed by atoms with Crippen LogP contribution in [0.1, 0.15) is 33.6 Å². The quantitative estimate of drug-likeness (QED) is 0.751. The van der Waals surface area contributed by atoms with Crippen LogP contribution in [0.15, 0.2) is 0 Å². The molecule has 7 heteroatoms. The monoisotopic (exact) mass is 335 g/mol. The summed E-state index contributed by atoms with van der Waals surface area (Å²) in [4.78, 5) is 26.1. The van der Waals surface area contributed by atoms with Gasteiger partial charge in [-0.1, -0.05) is 13.8 Å². The maximum atomic E-state index is 12.6. The van der Waals surface area contributed by atoms with Crippen molar-refractivity contribution in [2.45, 2.75) is 45.7 Å². The number of piperidine rings is 1. The topological polar surface area (TPSA) is 84.7 Å². The molecule has 0 aliphatic carbocycles. The van der Waals surface area contributed by atoms with Crippen LogP contribution < -0.4 is 11.1 Å². The van der Waals surface area contributed by atoms with E-state index in [0.29, 0.717) is 19.0 Å². The van der Waals surface area contributed by atoms with Gasteiger partial charge in [-0.25, -0.2) is 0 Å². The highest BCUT2D eigenvalue weighted by Gasteiger charge is 2.31. The Kier molecular flexibility index (Phi) is 9.64. The largest absolute Gasteiger partial charge is 0.375 e. The summed E-state index contributed by atoms with van der Waals surface area (Å²) in [7, 11) is 1.46. The van der Waals surface area contributed by atoms with Crippen molar-refractivity contribution >= 4 is 24.2 Å². The molecule has 1 rings (SSSR count). The van der Waals surface area contributed by atoms with Crippen molar-refractivity contribution in [3.63, 3.8) is 0 Å². The van der Waals surface area contributed by atoms with E-state index in [0.717, 1.165) is 12.8 Å². The molecule has 0 bridgehead atoms. The minimum absolute atomic E-state index is 0. The minimum Gasteiger partial charge on any atom is -0.375 e. The molecular weight excluding hydrogens is 306 g/mol. The predicted molar refractivity (Wildman–Crippen MR) is 88.8 cm³/mol. The normalized spacial score (nSPS) is 18.5. The maximum Gasteiger partial charge on any atom is 0.246 e. The van der Waals surface area contributed by atoms with Gasteiger partial charge in [0.15, 0.2) is 0 Å². The molecule has 0 saturated carbocycles. The second kappa shape index (κ2) is 10.0. The van der Waals surface area contributed by atoms with Crippen molar-refractivity contribution in [2.75, 3.05) is 26.8 Å². The van der Waals surface area contributed by atoms with E-state index in [1.165, 1.54) is 7.11 Å². The SMILES string of the molecule is COCC(=O)N[C@H](C(=O)N1CCC(C(C)N)CC1)C(C)C.Cl. The first kappa shape index (κ1) is 21.1. The summed E-state index contributed by atoms with van der Waals surface area (Å²) < 4.78 is 4.80. The van der Waals surface area contributed by atoms with Crippen LogP contribution in [0.4, 0.5) is 0 Å². The van der Waals surface area contributed by atoms with Crippen molar-refractivity contribution in [1.29, 1.82) is 0 Å². The number of methoxy groups -OCH3 is 1. The van der Waals surface area contributed by atoms with Crippen LogP contribution in [0.3, 0.4) is 0 Å². The van der Waals surface area contributed by atoms with Gasteiger partial charge in [0, 0.05) is 26.2 Å². The molecule has 130 valence electrons. The number of nitrogens with two attached hydrogens (primary N) is 1. The van der Waals surface area contributed by atoms with Crippen molar-refractivity contribution in [1.82, 2.24) is 10.2 Å². The lowest BCUT2D eigenvalue weighted by molar-refractivity contribution is -0.139. The van der Waals surface area contributed by atoms with Crippen molar-refractivity contribution < 1.29 is 14.3 Å². The van der Waals surface area contributed by atoms with Gasteiger partial charge in [-0.05, 0) is 31.6 Å². The number of carbonyl (C=O) groups is 2. The number of nitrogens with one attached hydrogen (secondary N) is 1. The van der Waals surface area contributed by atoms with E-state index < -0.39 is 6.04 Å². The van der Waals surface area contributed by atoms with E-state index in [2.05, 4.69) is 5.32 Å². The Bertz CT molecular complexity index is 356. The minimum atomic E-state index is -0.487. The fourth-order valence-electron chi connectivity index (χ4n) is 2.70. The van der Waals surface area contributed by atoms with E-state index in [1.54, 1.807) is 0 Å². The van der Waals surface area contributed by atoms with E-state index in [4.69, 9.17) is 10.5 Å². The van der Waals surface area contributed by atoms with Gasteiger partial charge in [-0.3, -0.25) is 9.59 Å². The molecule has 1 fully saturated rings. The summed E-state index contributed by atoms with van der Waals surface area (Å²) in [5.41, 5.74) is 5.92. The Morgan fingerprint density at radius 1 is 1.27 bits per heavy atom. The molecular formula is C15H30ClN3O3. The molecule has 1 saturated heterocycles. The lowest BCUT2D eigenvalue weighted by atomic mass is 9.90. The highest BCUT2D eigenvalue weighted by molar-refractivity contribution is 5.88. The molecule has 1 heterocycles. The molecule has 1 aliphatic rings. The molecule has 2 amide bonds. The average molecular weight is 336 g/mol. The van der Waals surface area contributed by atoms with Crippen LogP contribution in [0.25, 0.3) is 0 Å². The zero-order chi connectivity index (χ0) is 16.0. The third-order valence-electron chi connectivity index (χ3n) is 4.12. The average Bonchev–Trinajstić information content (AvgIpc) is 2.44. The number of halogens is 1. The van der Waals surface area contributed by atoms with Crippen molar-refractivity contribution in [2.24, 2.45) is 17.6 Å². The maximum absolute atomic E-state index is 12.6. The van der Waals surface area contributed by atoms with Crippen molar-refractivity contribution in [3.05, 3.63) is 0 Å². The molecule has 0 aromatic heterocycles. The van der Waals surface area contributed by atoms with Gasteiger partial charge in [0.2, 0.25) is 11.8 Å². The van der Waals surface area contributed by atoms with E-state index in [-0.39, 0.29) is 42.8 Å². The standard InChI is InChI=1S/C15H29N3O3.ClH/c1-10(2)14(17-13(19)9-21-4)15(20)18-7-5-12(6-8-18)11(3)16;/h10-12,14H,5-9,16H2,1-4H3,(H,17,19);1H/t11?,14-;/m0./s1. The summed E-state index contributed by atoms with van der Waals surface area (Å²) in [5.74, 6) is 0.270. The van der Waals surface area contributed by atoms with Gasteiger partial charge < -0.3 is 20.7 Å². The zero-order valence-corrected chi connectivity index (χ0v) is 14.8. The van der Waals surface area contributed by atoms with E-state index in [1.807, 2.05) is 25.7 Å². The highest BCUT2D eigenvalue weighted by Crippen LogP contribution is 2.21. The number of ether oxygens (including phenoxy) is 1. The fraction of sp³-hybridized carbons (Fsp3) is 0.867. The molecule has 0 aromatic rings. The number of nitrogens with zero attached hydrogens (tertiary/aromatic N) is 1. The van der Waals surface area contributed by atoms with Gasteiger partial charge in [0.1, 0.15) is 12.6 Å². The summed E-state index contributed by atoms with van der Waals surface area (Å²) in [6, 6.07) is -0.316. The lowest BCUT2D eigenvalue weighted by Crippen LogP contribution is -2.54. The molecule has 0 aromatic carbocycles. The molecule has 3 N–H and O–H groups in total. The number of likely N-dealkylation sites (tertiary alicyclic amines) is 1. The van der Waals surface area contributed by atoms with Gasteiger partial charge >= 0.3 is 0 Å². The molecule has 22 heavy (non-hydrogen) atoms. The lowest BCUT2D eigenvalue weighted by Gasteiger charge is -2.36. The van der Waals surface area contributed by atoms with Crippen LogP contribution in [-0.4, -0.2) is 55.6 Å². The number of amides is 2. The second-order valence-corrected chi connectivity index (χ2v) is 6.24. The van der Waals surface area contributed by atoms with Crippen molar-refractivity contribution in [3.8, 4) is 0 Å². The van der Waals surface area contributed by atoms with Gasteiger partial charge in [0.25, 0.3) is 0 Å². The number of rotatable bonds is 6. The number of carbonyl (C=O) groups excluding carboxylic acids is 2. The van der Waals surface area contributed by atoms with Gasteiger partial charge in [0.05, 0.1) is 0 Å². The molecule has 0 spiro atoms. The summed E-state index contributed by atoms with van der Waals surface area (Å²) in [6.07, 6.45) is 1.86. The van der Waals surface area contributed by atoms with E-state index >= 15 is 0 Å². The Balaban J connectivity index is 0.00000441. The molecule has 1 aliphatic heterocycles. The van der Waals surface area contributed by atoms with Crippen LogP contribution >= 0.6 is 12.4 Å². The molecule has 0 radical (unpaired) electrons. The Morgan fingerprint density at radius 2 is 1.82 bits per heavy atom. The summed E-state index contributed by atoms with van der Waals surface area (Å²) in [5, 5.41) is 2.77. The van der Waals surface area contributed by atoms with Gasteiger partial charge in [-0.15, -0.1) is 12.4 Å². The Labute approximate surface area is 139 Å². The molecule has 2 atom stereocenters.